The fourth-order valence-corrected chi connectivity index (χ4v) is 7.90. The first-order valence-electron chi connectivity index (χ1n) is 8.95. The first-order chi connectivity index (χ1) is 12.2. The number of rotatable bonds is 6. The van der Waals surface area contributed by atoms with Gasteiger partial charge in [-0.3, -0.25) is 0 Å². The molecule has 0 radical (unpaired) electrons. The molecule has 2 heteroatoms. The number of benzene rings is 3. The van der Waals surface area contributed by atoms with Crippen molar-refractivity contribution in [3.05, 3.63) is 84.9 Å². The molecule has 0 aliphatic carbocycles. The van der Waals surface area contributed by atoms with E-state index in [2.05, 4.69) is 111 Å². The second kappa shape index (κ2) is 7.85. The van der Waals surface area contributed by atoms with Crippen LogP contribution in [0.15, 0.2) is 84.9 Å². The van der Waals surface area contributed by atoms with Gasteiger partial charge in [0.05, 0.1) is 6.16 Å². The Hall–Kier alpha value is -2.11. The zero-order valence-corrected chi connectivity index (χ0v) is 16.3. The van der Waals surface area contributed by atoms with Crippen molar-refractivity contribution in [2.24, 2.45) is 0 Å². The second-order valence-corrected chi connectivity index (χ2v) is 10.2. The lowest BCUT2D eigenvalue weighted by Crippen LogP contribution is -2.33. The zero-order valence-electron chi connectivity index (χ0n) is 15.4. The van der Waals surface area contributed by atoms with Crippen molar-refractivity contribution in [1.82, 2.24) is 0 Å². The summed E-state index contributed by atoms with van der Waals surface area (Å²) in [5, 5.41) is 4.42. The third kappa shape index (κ3) is 3.48. The lowest BCUT2D eigenvalue weighted by atomic mass is 10.3. The Morgan fingerprint density at radius 2 is 1.08 bits per heavy atom. The molecule has 0 fully saturated rings. The minimum Gasteiger partial charge on any atom is -0.378 e. The molecule has 0 aliphatic heterocycles. The standard InChI is InChI=1S/C23H27NP/c1-4-19-25(21-11-7-5-8-12-21,22-13-9-6-10-14-22)23-17-15-20(16-18-23)24(2)3/h5-18H,4,19H2,1-3H3/q+1. The lowest BCUT2D eigenvalue weighted by Gasteiger charge is -2.27. The predicted octanol–water partition coefficient (Wildman–Crippen LogP) is 4.46. The molecule has 25 heavy (non-hydrogen) atoms. The van der Waals surface area contributed by atoms with Crippen LogP contribution in [0.4, 0.5) is 5.69 Å². The van der Waals surface area contributed by atoms with Crippen LogP contribution in [0, 0.1) is 0 Å². The molecule has 3 rings (SSSR count). The quantitative estimate of drug-likeness (QED) is 0.595. The summed E-state index contributed by atoms with van der Waals surface area (Å²) in [4.78, 5) is 2.16. The monoisotopic (exact) mass is 348 g/mol. The Morgan fingerprint density at radius 3 is 1.48 bits per heavy atom. The Morgan fingerprint density at radius 1 is 0.640 bits per heavy atom. The van der Waals surface area contributed by atoms with Gasteiger partial charge >= 0.3 is 0 Å². The second-order valence-electron chi connectivity index (χ2n) is 6.62. The number of hydrogen-bond acceptors (Lipinski definition) is 1. The average Bonchev–Trinajstić information content (AvgIpc) is 2.67. The maximum Gasteiger partial charge on any atom is 0.112 e. The Balaban J connectivity index is 2.23. The van der Waals surface area contributed by atoms with E-state index < -0.39 is 7.26 Å². The lowest BCUT2D eigenvalue weighted by molar-refractivity contribution is 1.10. The molecule has 0 unspecified atom stereocenters. The first kappa shape index (κ1) is 17.7. The summed E-state index contributed by atoms with van der Waals surface area (Å²) in [6.07, 6.45) is 2.37. The molecule has 0 aliphatic rings. The molecule has 0 saturated carbocycles. The van der Waals surface area contributed by atoms with Crippen molar-refractivity contribution in [1.29, 1.82) is 0 Å². The third-order valence-electron chi connectivity index (χ3n) is 4.76. The average molecular weight is 348 g/mol. The summed E-state index contributed by atoms with van der Waals surface area (Å²) < 4.78 is 0. The van der Waals surface area contributed by atoms with Crippen molar-refractivity contribution in [2.45, 2.75) is 13.3 Å². The van der Waals surface area contributed by atoms with Crippen molar-refractivity contribution in [2.75, 3.05) is 25.2 Å². The third-order valence-corrected chi connectivity index (χ3v) is 9.42. The van der Waals surface area contributed by atoms with Gasteiger partial charge in [0.1, 0.15) is 23.2 Å². The van der Waals surface area contributed by atoms with Gasteiger partial charge in [-0.25, -0.2) is 0 Å². The van der Waals surface area contributed by atoms with Gasteiger partial charge in [0.2, 0.25) is 0 Å². The van der Waals surface area contributed by atoms with E-state index in [0.29, 0.717) is 0 Å². The van der Waals surface area contributed by atoms with E-state index in [-0.39, 0.29) is 0 Å². The van der Waals surface area contributed by atoms with Crippen LogP contribution in [0.25, 0.3) is 0 Å². The fourth-order valence-electron chi connectivity index (χ4n) is 3.54. The van der Waals surface area contributed by atoms with Crippen LogP contribution >= 0.6 is 7.26 Å². The van der Waals surface area contributed by atoms with Gasteiger partial charge < -0.3 is 4.90 Å². The molecule has 1 nitrogen and oxygen atoms in total. The highest BCUT2D eigenvalue weighted by molar-refractivity contribution is 7.95. The van der Waals surface area contributed by atoms with E-state index in [1.54, 1.807) is 0 Å². The van der Waals surface area contributed by atoms with Gasteiger partial charge in [-0.05, 0) is 55.0 Å². The van der Waals surface area contributed by atoms with Crippen LogP contribution in [0.2, 0.25) is 0 Å². The van der Waals surface area contributed by atoms with Crippen LogP contribution in [0.3, 0.4) is 0 Å². The van der Waals surface area contributed by atoms with E-state index in [9.17, 15) is 0 Å². The summed E-state index contributed by atoms with van der Waals surface area (Å²) in [6, 6.07) is 31.4. The van der Waals surface area contributed by atoms with E-state index in [1.165, 1.54) is 34.2 Å². The normalized spacial score (nSPS) is 11.3. The highest BCUT2D eigenvalue weighted by atomic mass is 31.2. The summed E-state index contributed by atoms with van der Waals surface area (Å²) in [5.74, 6) is 0. The molecule has 128 valence electrons. The molecule has 0 heterocycles. The zero-order chi connectivity index (χ0) is 17.7. The van der Waals surface area contributed by atoms with Gasteiger partial charge in [0.15, 0.2) is 0 Å². The highest BCUT2D eigenvalue weighted by Crippen LogP contribution is 2.55. The maximum atomic E-state index is 2.35. The molecule has 0 N–H and O–H groups in total. The minimum atomic E-state index is -1.62. The number of hydrogen-bond donors (Lipinski definition) is 0. The predicted molar refractivity (Wildman–Crippen MR) is 115 cm³/mol. The largest absolute Gasteiger partial charge is 0.378 e. The molecule has 0 spiro atoms. The molecule has 3 aromatic rings. The van der Waals surface area contributed by atoms with Crippen molar-refractivity contribution < 1.29 is 0 Å². The summed E-state index contributed by atoms with van der Waals surface area (Å²) in [7, 11) is 2.57. The van der Waals surface area contributed by atoms with Gasteiger partial charge in [-0.1, -0.05) is 43.3 Å². The number of anilines is 1. The van der Waals surface area contributed by atoms with E-state index >= 15 is 0 Å². The van der Waals surface area contributed by atoms with Gasteiger partial charge in [-0.2, -0.15) is 0 Å². The van der Waals surface area contributed by atoms with Crippen molar-refractivity contribution in [3.8, 4) is 0 Å². The van der Waals surface area contributed by atoms with Crippen LogP contribution in [-0.2, 0) is 0 Å². The van der Waals surface area contributed by atoms with E-state index in [0.717, 1.165) is 0 Å². The van der Waals surface area contributed by atoms with Crippen molar-refractivity contribution in [3.63, 3.8) is 0 Å². The molecule has 3 aromatic carbocycles. The Labute approximate surface area is 152 Å². The topological polar surface area (TPSA) is 3.24 Å². The van der Waals surface area contributed by atoms with Gasteiger partial charge in [0, 0.05) is 19.8 Å². The minimum absolute atomic E-state index is 1.17. The van der Waals surface area contributed by atoms with Crippen LogP contribution < -0.4 is 20.8 Å². The van der Waals surface area contributed by atoms with Crippen molar-refractivity contribution >= 4 is 28.9 Å². The molecular weight excluding hydrogens is 321 g/mol. The van der Waals surface area contributed by atoms with Gasteiger partial charge in [0.25, 0.3) is 0 Å². The van der Waals surface area contributed by atoms with Crippen LogP contribution in [0.1, 0.15) is 13.3 Å². The molecular formula is C23H27NP+. The molecule has 0 amide bonds. The highest BCUT2D eigenvalue weighted by Gasteiger charge is 2.44. The summed E-state index contributed by atoms with van der Waals surface area (Å²) in [5.41, 5.74) is 1.25. The Bertz CT molecular complexity index is 740. The SMILES string of the molecule is CCC[P+](c1ccccc1)(c1ccccc1)c1ccc(N(C)C)cc1. The molecule has 0 atom stereocenters. The number of nitrogens with zero attached hydrogens (tertiary/aromatic N) is 1. The molecule has 0 bridgehead atoms. The van der Waals surface area contributed by atoms with Crippen LogP contribution in [-0.4, -0.2) is 20.3 Å². The summed E-state index contributed by atoms with van der Waals surface area (Å²) >= 11 is 0. The smallest absolute Gasteiger partial charge is 0.112 e. The van der Waals surface area contributed by atoms with Gasteiger partial charge in [-0.15, -0.1) is 0 Å². The van der Waals surface area contributed by atoms with Crippen LogP contribution in [0.5, 0.6) is 0 Å². The Kier molecular flexibility index (Phi) is 5.56. The van der Waals surface area contributed by atoms with E-state index in [1.807, 2.05) is 0 Å². The maximum absolute atomic E-state index is 2.35. The first-order valence-corrected chi connectivity index (χ1v) is 10.9. The molecule has 0 aromatic heterocycles. The molecule has 0 saturated heterocycles. The summed E-state index contributed by atoms with van der Waals surface area (Å²) in [6.45, 7) is 2.30. The van der Waals surface area contributed by atoms with E-state index in [4.69, 9.17) is 0 Å². The fraction of sp³-hybridized carbons (Fsp3) is 0.217.